The van der Waals surface area contributed by atoms with Crippen LogP contribution < -0.4 is 4.90 Å². The second kappa shape index (κ2) is 5.79. The van der Waals surface area contributed by atoms with Crippen LogP contribution in [0.4, 0.5) is 5.82 Å². The van der Waals surface area contributed by atoms with E-state index in [4.69, 9.17) is 0 Å². The highest BCUT2D eigenvalue weighted by atomic mass is 15.6. The number of hydrogen-bond donors (Lipinski definition) is 0. The molecule has 0 spiro atoms. The number of piperazine rings is 1. The van der Waals surface area contributed by atoms with Gasteiger partial charge in [-0.1, -0.05) is 6.92 Å². The van der Waals surface area contributed by atoms with Gasteiger partial charge in [0.2, 0.25) is 0 Å². The number of fused-ring (bicyclic) bond motifs is 1. The van der Waals surface area contributed by atoms with Crippen molar-refractivity contribution in [2.24, 2.45) is 5.92 Å². The highest BCUT2D eigenvalue weighted by Crippen LogP contribution is 2.28. The Balaban J connectivity index is 1.38. The quantitative estimate of drug-likeness (QED) is 0.831. The fourth-order valence-electron chi connectivity index (χ4n) is 3.73. The summed E-state index contributed by atoms with van der Waals surface area (Å²) in [5.74, 6) is 1.89. The summed E-state index contributed by atoms with van der Waals surface area (Å²) in [6.45, 7) is 6.72. The number of rotatable bonds is 2. The first-order chi connectivity index (χ1) is 10.8. The molecule has 1 aliphatic heterocycles. The van der Waals surface area contributed by atoms with Gasteiger partial charge in [-0.25, -0.2) is 0 Å². The van der Waals surface area contributed by atoms with E-state index in [1.807, 2.05) is 12.1 Å². The maximum absolute atomic E-state index is 4.49. The van der Waals surface area contributed by atoms with Crippen molar-refractivity contribution in [3.63, 3.8) is 0 Å². The summed E-state index contributed by atoms with van der Waals surface area (Å²) in [4.78, 5) is 5.01. The number of hydrogen-bond acceptors (Lipinski definition) is 6. The standard InChI is InChI=1S/C15H23N7/c1-12-2-4-13(5-3-12)20-8-10-21(11-9-20)15-7-6-14-16-18-19-22(14)17-15/h6-7,12-13H,2-5,8-11H2,1H3. The number of anilines is 1. The van der Waals surface area contributed by atoms with Crippen molar-refractivity contribution in [1.29, 1.82) is 0 Å². The van der Waals surface area contributed by atoms with Gasteiger partial charge in [-0.2, -0.15) is 0 Å². The molecule has 0 bridgehead atoms. The average Bonchev–Trinajstić information content (AvgIpc) is 3.03. The Morgan fingerprint density at radius 2 is 1.77 bits per heavy atom. The van der Waals surface area contributed by atoms with Gasteiger partial charge in [0.1, 0.15) is 0 Å². The van der Waals surface area contributed by atoms with Gasteiger partial charge in [-0.3, -0.25) is 4.90 Å². The Labute approximate surface area is 130 Å². The van der Waals surface area contributed by atoms with E-state index >= 15 is 0 Å². The first kappa shape index (κ1) is 13.9. The first-order valence-electron chi connectivity index (χ1n) is 8.34. The molecule has 0 amide bonds. The molecular weight excluding hydrogens is 278 g/mol. The van der Waals surface area contributed by atoms with E-state index in [0.717, 1.165) is 44.0 Å². The lowest BCUT2D eigenvalue weighted by Gasteiger charge is -2.41. The van der Waals surface area contributed by atoms with Crippen LogP contribution in [-0.4, -0.2) is 62.4 Å². The van der Waals surface area contributed by atoms with Gasteiger partial charge in [0.25, 0.3) is 0 Å². The number of nitrogens with zero attached hydrogens (tertiary/aromatic N) is 7. The lowest BCUT2D eigenvalue weighted by Crippen LogP contribution is -2.51. The van der Waals surface area contributed by atoms with Crippen LogP contribution in [0.1, 0.15) is 32.6 Å². The van der Waals surface area contributed by atoms with Crippen molar-refractivity contribution >= 4 is 11.5 Å². The van der Waals surface area contributed by atoms with Gasteiger partial charge in [0.05, 0.1) is 0 Å². The van der Waals surface area contributed by atoms with Crippen LogP contribution in [0.5, 0.6) is 0 Å². The lowest BCUT2D eigenvalue weighted by atomic mass is 9.86. The summed E-state index contributed by atoms with van der Waals surface area (Å²) < 4.78 is 1.50. The highest BCUT2D eigenvalue weighted by Gasteiger charge is 2.27. The third kappa shape index (κ3) is 2.65. The van der Waals surface area contributed by atoms with E-state index in [1.54, 1.807) is 0 Å². The molecule has 1 aliphatic carbocycles. The second-order valence-corrected chi connectivity index (χ2v) is 6.65. The molecule has 1 saturated heterocycles. The Hall–Kier alpha value is -1.76. The summed E-state index contributed by atoms with van der Waals surface area (Å²) in [5, 5.41) is 15.9. The molecule has 2 fully saturated rings. The van der Waals surface area contributed by atoms with E-state index < -0.39 is 0 Å². The van der Waals surface area contributed by atoms with Gasteiger partial charge in [0, 0.05) is 32.2 Å². The molecule has 22 heavy (non-hydrogen) atoms. The molecule has 118 valence electrons. The van der Waals surface area contributed by atoms with Crippen LogP contribution in [0.2, 0.25) is 0 Å². The Kier molecular flexibility index (Phi) is 3.65. The van der Waals surface area contributed by atoms with Crippen LogP contribution in [0.25, 0.3) is 5.65 Å². The van der Waals surface area contributed by atoms with Crippen LogP contribution in [0, 0.1) is 5.92 Å². The summed E-state index contributed by atoms with van der Waals surface area (Å²) in [6, 6.07) is 4.74. The predicted molar refractivity (Wildman–Crippen MR) is 83.8 cm³/mol. The molecular formula is C15H23N7. The van der Waals surface area contributed by atoms with Crippen molar-refractivity contribution in [1.82, 2.24) is 30.2 Å². The van der Waals surface area contributed by atoms with Gasteiger partial charge >= 0.3 is 0 Å². The van der Waals surface area contributed by atoms with E-state index in [2.05, 4.69) is 37.3 Å². The molecule has 7 heteroatoms. The minimum atomic E-state index is 0.693. The minimum Gasteiger partial charge on any atom is -0.353 e. The molecule has 4 rings (SSSR count). The topological polar surface area (TPSA) is 62.5 Å². The van der Waals surface area contributed by atoms with Crippen molar-refractivity contribution in [3.05, 3.63) is 12.1 Å². The molecule has 0 N–H and O–H groups in total. The van der Waals surface area contributed by atoms with Crippen molar-refractivity contribution in [2.75, 3.05) is 31.1 Å². The molecule has 2 aromatic rings. The third-order valence-electron chi connectivity index (χ3n) is 5.20. The highest BCUT2D eigenvalue weighted by molar-refractivity contribution is 5.44. The third-order valence-corrected chi connectivity index (χ3v) is 5.20. The summed E-state index contributed by atoms with van der Waals surface area (Å²) >= 11 is 0. The monoisotopic (exact) mass is 301 g/mol. The largest absolute Gasteiger partial charge is 0.353 e. The average molecular weight is 301 g/mol. The lowest BCUT2D eigenvalue weighted by molar-refractivity contribution is 0.132. The van der Waals surface area contributed by atoms with Crippen molar-refractivity contribution < 1.29 is 0 Å². The molecule has 2 aromatic heterocycles. The second-order valence-electron chi connectivity index (χ2n) is 6.65. The fourth-order valence-corrected chi connectivity index (χ4v) is 3.73. The zero-order valence-electron chi connectivity index (χ0n) is 13.1. The van der Waals surface area contributed by atoms with E-state index in [0.29, 0.717) is 5.65 Å². The van der Waals surface area contributed by atoms with Gasteiger partial charge in [0.15, 0.2) is 11.5 Å². The van der Waals surface area contributed by atoms with Gasteiger partial charge < -0.3 is 4.90 Å². The van der Waals surface area contributed by atoms with Crippen LogP contribution in [-0.2, 0) is 0 Å². The molecule has 0 atom stereocenters. The SMILES string of the molecule is CC1CCC(N2CCN(c3ccc4nnnn4n3)CC2)CC1. The smallest absolute Gasteiger partial charge is 0.200 e. The molecule has 0 radical (unpaired) electrons. The number of tetrazole rings is 1. The summed E-state index contributed by atoms with van der Waals surface area (Å²) in [6.07, 6.45) is 5.52. The zero-order chi connectivity index (χ0) is 14.9. The van der Waals surface area contributed by atoms with E-state index in [-0.39, 0.29) is 0 Å². The number of aromatic nitrogens is 5. The molecule has 3 heterocycles. The van der Waals surface area contributed by atoms with Crippen molar-refractivity contribution in [3.8, 4) is 0 Å². The fraction of sp³-hybridized carbons (Fsp3) is 0.733. The van der Waals surface area contributed by atoms with E-state index in [9.17, 15) is 0 Å². The van der Waals surface area contributed by atoms with Crippen LogP contribution in [0.15, 0.2) is 12.1 Å². The summed E-state index contributed by atoms with van der Waals surface area (Å²) in [5.41, 5.74) is 0.693. The van der Waals surface area contributed by atoms with Crippen molar-refractivity contribution in [2.45, 2.75) is 38.6 Å². The predicted octanol–water partition coefficient (Wildman–Crippen LogP) is 1.22. The van der Waals surface area contributed by atoms with Gasteiger partial charge in [-0.15, -0.1) is 14.8 Å². The van der Waals surface area contributed by atoms with Crippen LogP contribution in [0.3, 0.4) is 0 Å². The maximum Gasteiger partial charge on any atom is 0.200 e. The van der Waals surface area contributed by atoms with Gasteiger partial charge in [-0.05, 0) is 54.2 Å². The minimum absolute atomic E-state index is 0.693. The maximum atomic E-state index is 4.49. The van der Waals surface area contributed by atoms with E-state index in [1.165, 1.54) is 30.3 Å². The Morgan fingerprint density at radius 3 is 2.55 bits per heavy atom. The normalized spacial score (nSPS) is 27.4. The molecule has 7 nitrogen and oxygen atoms in total. The summed E-state index contributed by atoms with van der Waals surface area (Å²) in [7, 11) is 0. The molecule has 0 unspecified atom stereocenters. The Bertz CT molecular complexity index is 624. The zero-order valence-corrected chi connectivity index (χ0v) is 13.1. The van der Waals surface area contributed by atoms with Crippen LogP contribution >= 0.6 is 0 Å². The molecule has 1 saturated carbocycles. The molecule has 2 aliphatic rings. The first-order valence-corrected chi connectivity index (χ1v) is 8.34. The molecule has 0 aromatic carbocycles. The Morgan fingerprint density at radius 1 is 1.00 bits per heavy atom.